The van der Waals surface area contributed by atoms with Gasteiger partial charge in [-0.2, -0.15) is 0 Å². The summed E-state index contributed by atoms with van der Waals surface area (Å²) in [6.07, 6.45) is -15.9. The molecule has 11 N–H and O–H groups in total. The lowest BCUT2D eigenvalue weighted by molar-refractivity contribution is -0.318. The van der Waals surface area contributed by atoms with Gasteiger partial charge in [-0.15, -0.1) is 0 Å². The van der Waals surface area contributed by atoms with E-state index in [0.29, 0.717) is 5.56 Å². The van der Waals surface area contributed by atoms with Crippen LogP contribution in [0.1, 0.15) is 35.4 Å². The molecule has 2 aromatic rings. The highest BCUT2D eigenvalue weighted by atomic mass is 31.2. The minimum atomic E-state index is -4.64. The van der Waals surface area contributed by atoms with Gasteiger partial charge in [0, 0.05) is 12.1 Å². The van der Waals surface area contributed by atoms with E-state index >= 15 is 0 Å². The largest absolute Gasteiger partial charge is 0.507 e. The number of phosphoric acid groups is 1. The average molecular weight is 709 g/mol. The summed E-state index contributed by atoms with van der Waals surface area (Å²) in [7, 11) is -3.24. The molecule has 3 aliphatic heterocycles. The van der Waals surface area contributed by atoms with Crippen LogP contribution in [0, 0.1) is 0 Å². The Hall–Kier alpha value is -3.14. The van der Waals surface area contributed by atoms with Crippen molar-refractivity contribution in [1.82, 2.24) is 0 Å². The predicted octanol–water partition coefficient (Wildman–Crippen LogP) is -2.09. The lowest BCUT2D eigenvalue weighted by Crippen LogP contribution is -2.61. The SMILES string of the molecule is COc1ccc([C@@H]2CC(=O)c3c(O)cc(O[C@@H]4O[C@H](CO[C@@H]5O[C@@H](C)[C@H](O)[C@@H](O)[C@H]5O)[C@@H](O)[C@H](O)[C@H]4O)cc3O2)cc1O.O=P(O)(O)O. The predicted molar refractivity (Wildman–Crippen MR) is 155 cm³/mol. The molecule has 0 unspecified atom stereocenters. The van der Waals surface area contributed by atoms with Crippen molar-refractivity contribution in [2.45, 2.75) is 80.9 Å². The number of benzene rings is 2. The molecule has 0 aliphatic carbocycles. The first-order chi connectivity index (χ1) is 22.4. The van der Waals surface area contributed by atoms with Gasteiger partial charge in [-0.3, -0.25) is 4.79 Å². The molecule has 268 valence electrons. The Morgan fingerprint density at radius 2 is 1.46 bits per heavy atom. The van der Waals surface area contributed by atoms with Gasteiger partial charge in [0.1, 0.15) is 71.6 Å². The molecule has 5 rings (SSSR count). The first kappa shape index (κ1) is 37.7. The van der Waals surface area contributed by atoms with Crippen molar-refractivity contribution in [1.29, 1.82) is 0 Å². The molecule has 0 bridgehead atoms. The highest BCUT2D eigenvalue weighted by Gasteiger charge is 2.47. The van der Waals surface area contributed by atoms with Crippen molar-refractivity contribution in [3.8, 4) is 28.7 Å². The molecule has 0 spiro atoms. The maximum Gasteiger partial charge on any atom is 0.466 e. The second kappa shape index (κ2) is 15.2. The van der Waals surface area contributed by atoms with Crippen LogP contribution in [0.5, 0.6) is 28.7 Å². The van der Waals surface area contributed by atoms with E-state index in [1.807, 2.05) is 0 Å². The molecule has 0 amide bonds. The fraction of sp³-hybridized carbons (Fsp3) is 0.536. The summed E-state index contributed by atoms with van der Waals surface area (Å²) < 4.78 is 42.0. The van der Waals surface area contributed by atoms with Gasteiger partial charge in [0.05, 0.1) is 26.2 Å². The Kier molecular flexibility index (Phi) is 11.9. The van der Waals surface area contributed by atoms with Gasteiger partial charge in [-0.25, -0.2) is 4.57 Å². The van der Waals surface area contributed by atoms with Crippen LogP contribution in [-0.4, -0.2) is 136 Å². The molecule has 3 heterocycles. The summed E-state index contributed by atoms with van der Waals surface area (Å²) >= 11 is 0. The number of hydrogen-bond donors (Lipinski definition) is 11. The molecule has 48 heavy (non-hydrogen) atoms. The second-order valence-electron chi connectivity index (χ2n) is 11.1. The van der Waals surface area contributed by atoms with Crippen LogP contribution < -0.4 is 14.2 Å². The lowest BCUT2D eigenvalue weighted by Gasteiger charge is -2.42. The molecule has 2 fully saturated rings. The van der Waals surface area contributed by atoms with Gasteiger partial charge in [-0.1, -0.05) is 6.07 Å². The number of ether oxygens (including phenoxy) is 6. The number of fused-ring (bicyclic) bond motifs is 1. The van der Waals surface area contributed by atoms with E-state index in [0.717, 1.165) is 6.07 Å². The minimum absolute atomic E-state index is 0.0457. The van der Waals surface area contributed by atoms with Crippen molar-refractivity contribution in [3.63, 3.8) is 0 Å². The summed E-state index contributed by atoms with van der Waals surface area (Å²) in [5.41, 5.74) is 0.373. The number of ketones is 1. The Morgan fingerprint density at radius 1 is 0.833 bits per heavy atom. The maximum atomic E-state index is 12.9. The van der Waals surface area contributed by atoms with E-state index in [2.05, 4.69) is 0 Å². The standard InChI is InChI=1S/C28H34O15.H3O4P/c1-10-21(32)23(34)25(36)27(40-10)39-9-19-22(33)24(35)26(37)28(43-19)41-12-6-14(30)20-15(31)8-17(42-18(20)7-12)11-3-4-16(38-2)13(29)5-11;1-5(2,3)4/h3-7,10,17,19,21-30,32-37H,8-9H2,1-2H3;(H3,1,2,3,4)/t10-,17-,19+,21-,22+,23+,24-,25+,26+,27+,28+;/m0./s1. The quantitative estimate of drug-likeness (QED) is 0.137. The number of aromatic hydroxyl groups is 2. The molecule has 20 heteroatoms. The van der Waals surface area contributed by atoms with Crippen LogP contribution in [0.15, 0.2) is 30.3 Å². The van der Waals surface area contributed by atoms with E-state index < -0.39 is 93.5 Å². The summed E-state index contributed by atoms with van der Waals surface area (Å²) in [5.74, 6) is -0.999. The van der Waals surface area contributed by atoms with Crippen LogP contribution in [0.3, 0.4) is 0 Å². The number of rotatable bonds is 7. The van der Waals surface area contributed by atoms with Crippen molar-refractivity contribution in [2.24, 2.45) is 0 Å². The molecular formula is C28H37O19P. The van der Waals surface area contributed by atoms with Gasteiger partial charge in [0.2, 0.25) is 6.29 Å². The molecule has 2 aromatic carbocycles. The molecule has 11 atom stereocenters. The zero-order valence-corrected chi connectivity index (χ0v) is 26.2. The highest BCUT2D eigenvalue weighted by Crippen LogP contribution is 2.43. The number of hydrogen-bond acceptors (Lipinski definition) is 16. The molecule has 2 saturated heterocycles. The third-order valence-electron chi connectivity index (χ3n) is 7.70. The van der Waals surface area contributed by atoms with Gasteiger partial charge in [-0.05, 0) is 24.6 Å². The molecular weight excluding hydrogens is 671 g/mol. The van der Waals surface area contributed by atoms with Gasteiger partial charge < -0.3 is 84.0 Å². The van der Waals surface area contributed by atoms with E-state index in [1.54, 1.807) is 6.07 Å². The van der Waals surface area contributed by atoms with Crippen LogP contribution >= 0.6 is 7.82 Å². The monoisotopic (exact) mass is 708 g/mol. The summed E-state index contributed by atoms with van der Waals surface area (Å²) in [5, 5.41) is 82.2. The zero-order chi connectivity index (χ0) is 35.7. The number of carbonyl (C=O) groups is 1. The van der Waals surface area contributed by atoms with Crippen LogP contribution in [0.2, 0.25) is 0 Å². The fourth-order valence-corrected chi connectivity index (χ4v) is 5.20. The summed E-state index contributed by atoms with van der Waals surface area (Å²) in [6.45, 7) is 0.964. The number of phenolic OH excluding ortho intramolecular Hbond substituents is 2. The molecule has 0 aromatic heterocycles. The first-order valence-corrected chi connectivity index (χ1v) is 15.9. The van der Waals surface area contributed by atoms with Gasteiger partial charge in [0.25, 0.3) is 0 Å². The van der Waals surface area contributed by atoms with Gasteiger partial charge >= 0.3 is 7.82 Å². The number of carbonyl (C=O) groups excluding carboxylic acids is 1. The Balaban J connectivity index is 0.000000968. The molecule has 3 aliphatic rings. The summed E-state index contributed by atoms with van der Waals surface area (Å²) in [6, 6.07) is 6.90. The number of phenols is 2. The highest BCUT2D eigenvalue weighted by molar-refractivity contribution is 7.45. The Labute approximate surface area is 271 Å². The average Bonchev–Trinajstić information content (AvgIpc) is 3.00. The number of methoxy groups -OCH3 is 1. The first-order valence-electron chi connectivity index (χ1n) is 14.3. The van der Waals surface area contributed by atoms with E-state index in [9.17, 15) is 45.6 Å². The number of aliphatic hydroxyl groups is 6. The number of aliphatic hydroxyl groups excluding tert-OH is 6. The van der Waals surface area contributed by atoms with Crippen LogP contribution in [0.4, 0.5) is 0 Å². The third kappa shape index (κ3) is 8.71. The van der Waals surface area contributed by atoms with E-state index in [4.69, 9.17) is 47.7 Å². The zero-order valence-electron chi connectivity index (χ0n) is 25.3. The topological polar surface area (TPSA) is 312 Å². The second-order valence-corrected chi connectivity index (χ2v) is 12.2. The molecule has 19 nitrogen and oxygen atoms in total. The fourth-order valence-electron chi connectivity index (χ4n) is 5.20. The summed E-state index contributed by atoms with van der Waals surface area (Å²) in [4.78, 5) is 34.5. The Morgan fingerprint density at radius 3 is 2.08 bits per heavy atom. The van der Waals surface area contributed by atoms with E-state index in [-0.39, 0.29) is 35.0 Å². The van der Waals surface area contributed by atoms with Crippen LogP contribution in [0.25, 0.3) is 0 Å². The Bertz CT molecular complexity index is 1470. The molecule has 0 saturated carbocycles. The lowest BCUT2D eigenvalue weighted by atomic mass is 9.95. The number of Topliss-reactive ketones (excluding diaryl/α,β-unsaturated/α-hetero) is 1. The van der Waals surface area contributed by atoms with Crippen molar-refractivity contribution in [3.05, 3.63) is 41.5 Å². The van der Waals surface area contributed by atoms with E-state index in [1.165, 1.54) is 32.2 Å². The minimum Gasteiger partial charge on any atom is -0.507 e. The smallest absolute Gasteiger partial charge is 0.466 e. The van der Waals surface area contributed by atoms with Crippen LogP contribution in [-0.2, 0) is 18.8 Å². The van der Waals surface area contributed by atoms with Gasteiger partial charge in [0.15, 0.2) is 23.6 Å². The van der Waals surface area contributed by atoms with Crippen molar-refractivity contribution < 1.29 is 93.3 Å². The molecule has 0 radical (unpaired) electrons. The van der Waals surface area contributed by atoms with Crippen molar-refractivity contribution >= 4 is 13.6 Å². The maximum absolute atomic E-state index is 12.9. The van der Waals surface area contributed by atoms with Crippen molar-refractivity contribution in [2.75, 3.05) is 13.7 Å². The third-order valence-corrected chi connectivity index (χ3v) is 7.70. The normalized spacial score (nSPS) is 33.5.